The van der Waals surface area contributed by atoms with Crippen molar-refractivity contribution in [2.75, 3.05) is 25.1 Å². The van der Waals surface area contributed by atoms with Crippen molar-refractivity contribution in [2.45, 2.75) is 33.2 Å². The fourth-order valence-electron chi connectivity index (χ4n) is 1.14. The highest BCUT2D eigenvalue weighted by Gasteiger charge is 2.08. The number of nitrogens with one attached hydrogen (secondary N) is 1. The highest BCUT2D eigenvalue weighted by Crippen LogP contribution is 2.10. The molecule has 1 unspecified atom stereocenters. The predicted molar refractivity (Wildman–Crippen MR) is 65.7 cm³/mol. The summed E-state index contributed by atoms with van der Waals surface area (Å²) in [4.78, 5) is 0. The summed E-state index contributed by atoms with van der Waals surface area (Å²) in [6.45, 7) is 8.22. The summed E-state index contributed by atoms with van der Waals surface area (Å²) in [7, 11) is 0. The highest BCUT2D eigenvalue weighted by atomic mass is 16.5. The smallest absolute Gasteiger partial charge is 0.315 e. The van der Waals surface area contributed by atoms with Gasteiger partial charge in [0.15, 0.2) is 0 Å². The van der Waals surface area contributed by atoms with Crippen LogP contribution in [0.4, 0.5) is 6.01 Å². The lowest BCUT2D eigenvalue weighted by atomic mass is 10.1. The van der Waals surface area contributed by atoms with Gasteiger partial charge in [0.1, 0.15) is 0 Å². The van der Waals surface area contributed by atoms with Crippen LogP contribution in [0.15, 0.2) is 4.42 Å². The van der Waals surface area contributed by atoms with Crippen LogP contribution in [-0.4, -0.2) is 30.0 Å². The minimum absolute atomic E-state index is 0.236. The van der Waals surface area contributed by atoms with Crippen LogP contribution in [0.5, 0.6) is 0 Å². The van der Waals surface area contributed by atoms with Crippen LogP contribution in [0.2, 0.25) is 0 Å². The Hall–Kier alpha value is -1.14. The average Bonchev–Trinajstić information content (AvgIpc) is 2.71. The third kappa shape index (κ3) is 5.65. The van der Waals surface area contributed by atoms with Gasteiger partial charge in [-0.2, -0.15) is 0 Å². The van der Waals surface area contributed by atoms with Crippen LogP contribution in [0, 0.1) is 5.92 Å². The molecular formula is C11H22N4O2. The van der Waals surface area contributed by atoms with Gasteiger partial charge in [-0.1, -0.05) is 18.9 Å². The van der Waals surface area contributed by atoms with Gasteiger partial charge in [-0.3, -0.25) is 0 Å². The quantitative estimate of drug-likeness (QED) is 0.673. The number of rotatable bonds is 8. The molecule has 1 aromatic rings. The number of hydrogen-bond acceptors (Lipinski definition) is 6. The largest absolute Gasteiger partial charge is 0.406 e. The first kappa shape index (κ1) is 13.9. The van der Waals surface area contributed by atoms with Crippen molar-refractivity contribution in [3.05, 3.63) is 5.89 Å². The minimum Gasteiger partial charge on any atom is -0.406 e. The molecule has 0 aliphatic rings. The first-order chi connectivity index (χ1) is 8.09. The molecule has 6 nitrogen and oxygen atoms in total. The van der Waals surface area contributed by atoms with Crippen molar-refractivity contribution >= 4 is 6.01 Å². The SMILES string of the molecule is CC(C)CCOCCNc1nnc(C(C)N)o1. The lowest BCUT2D eigenvalue weighted by Gasteiger charge is -2.06. The van der Waals surface area contributed by atoms with E-state index in [0.29, 0.717) is 31.0 Å². The molecule has 0 bridgehead atoms. The number of anilines is 1. The summed E-state index contributed by atoms with van der Waals surface area (Å²) in [5.41, 5.74) is 5.60. The number of nitrogens with zero attached hydrogens (tertiary/aromatic N) is 2. The Labute approximate surface area is 102 Å². The summed E-state index contributed by atoms with van der Waals surface area (Å²) in [5, 5.41) is 10.6. The number of aromatic nitrogens is 2. The fraction of sp³-hybridized carbons (Fsp3) is 0.818. The van der Waals surface area contributed by atoms with E-state index in [4.69, 9.17) is 14.9 Å². The van der Waals surface area contributed by atoms with Crippen LogP contribution in [0.3, 0.4) is 0 Å². The van der Waals surface area contributed by atoms with Crippen molar-refractivity contribution in [2.24, 2.45) is 11.7 Å². The average molecular weight is 242 g/mol. The molecule has 0 aliphatic carbocycles. The topological polar surface area (TPSA) is 86.2 Å². The molecule has 1 atom stereocenters. The van der Waals surface area contributed by atoms with Gasteiger partial charge in [0.2, 0.25) is 5.89 Å². The van der Waals surface area contributed by atoms with Gasteiger partial charge in [-0.05, 0) is 19.3 Å². The van der Waals surface area contributed by atoms with Crippen LogP contribution in [0.1, 0.15) is 39.1 Å². The lowest BCUT2D eigenvalue weighted by Crippen LogP contribution is -2.11. The Balaban J connectivity index is 2.09. The first-order valence-electron chi connectivity index (χ1n) is 6.00. The molecule has 0 aliphatic heterocycles. The Morgan fingerprint density at radius 1 is 1.29 bits per heavy atom. The Kier molecular flexibility index (Phi) is 5.93. The van der Waals surface area contributed by atoms with Crippen LogP contribution in [0.25, 0.3) is 0 Å². The second kappa shape index (κ2) is 7.24. The Bertz CT molecular complexity index is 312. The second-order valence-electron chi connectivity index (χ2n) is 4.46. The van der Waals surface area contributed by atoms with Crippen molar-refractivity contribution in [1.82, 2.24) is 10.2 Å². The standard InChI is InChI=1S/C11H22N4O2/c1-8(2)4-6-16-7-5-13-11-15-14-10(17-11)9(3)12/h8-9H,4-7,12H2,1-3H3,(H,13,15). The number of ether oxygens (including phenoxy) is 1. The normalized spacial score (nSPS) is 13.0. The van der Waals surface area contributed by atoms with Crippen molar-refractivity contribution in [1.29, 1.82) is 0 Å². The van der Waals surface area contributed by atoms with E-state index >= 15 is 0 Å². The zero-order valence-corrected chi connectivity index (χ0v) is 10.8. The maximum Gasteiger partial charge on any atom is 0.315 e. The molecule has 0 saturated heterocycles. The van der Waals surface area contributed by atoms with Gasteiger partial charge in [-0.15, -0.1) is 5.10 Å². The zero-order chi connectivity index (χ0) is 12.7. The van der Waals surface area contributed by atoms with Gasteiger partial charge >= 0.3 is 6.01 Å². The lowest BCUT2D eigenvalue weighted by molar-refractivity contribution is 0.132. The van der Waals surface area contributed by atoms with Gasteiger partial charge in [0, 0.05) is 13.2 Å². The van der Waals surface area contributed by atoms with E-state index in [1.54, 1.807) is 6.92 Å². The highest BCUT2D eigenvalue weighted by molar-refractivity contribution is 5.16. The molecule has 0 amide bonds. The van der Waals surface area contributed by atoms with E-state index in [9.17, 15) is 0 Å². The number of hydrogen-bond donors (Lipinski definition) is 2. The van der Waals surface area contributed by atoms with Gasteiger partial charge in [0.05, 0.1) is 12.6 Å². The Morgan fingerprint density at radius 3 is 2.65 bits per heavy atom. The third-order valence-corrected chi connectivity index (χ3v) is 2.19. The summed E-state index contributed by atoms with van der Waals surface area (Å²) >= 11 is 0. The molecule has 6 heteroatoms. The van der Waals surface area contributed by atoms with Crippen LogP contribution < -0.4 is 11.1 Å². The third-order valence-electron chi connectivity index (χ3n) is 2.19. The van der Waals surface area contributed by atoms with E-state index in [2.05, 4.69) is 29.4 Å². The van der Waals surface area contributed by atoms with Crippen molar-refractivity contribution < 1.29 is 9.15 Å². The summed E-state index contributed by atoms with van der Waals surface area (Å²) in [6.07, 6.45) is 1.08. The maximum absolute atomic E-state index is 5.60. The summed E-state index contributed by atoms with van der Waals surface area (Å²) in [5.74, 6) is 1.11. The zero-order valence-electron chi connectivity index (χ0n) is 10.8. The molecular weight excluding hydrogens is 220 g/mol. The van der Waals surface area contributed by atoms with Crippen LogP contribution in [-0.2, 0) is 4.74 Å². The minimum atomic E-state index is -0.236. The Morgan fingerprint density at radius 2 is 2.06 bits per heavy atom. The molecule has 1 heterocycles. The maximum atomic E-state index is 5.60. The van der Waals surface area contributed by atoms with Gasteiger partial charge in [0.25, 0.3) is 0 Å². The van der Waals surface area contributed by atoms with E-state index in [1.165, 1.54) is 0 Å². The van der Waals surface area contributed by atoms with Gasteiger partial charge in [-0.25, -0.2) is 0 Å². The molecule has 98 valence electrons. The first-order valence-corrected chi connectivity index (χ1v) is 6.00. The molecule has 1 aromatic heterocycles. The van der Waals surface area contributed by atoms with E-state index in [-0.39, 0.29) is 6.04 Å². The summed E-state index contributed by atoms with van der Waals surface area (Å²) < 4.78 is 10.7. The molecule has 17 heavy (non-hydrogen) atoms. The molecule has 0 saturated carbocycles. The molecule has 3 N–H and O–H groups in total. The summed E-state index contributed by atoms with van der Waals surface area (Å²) in [6, 6.07) is 0.158. The molecule has 1 rings (SSSR count). The molecule has 0 radical (unpaired) electrons. The molecule has 0 spiro atoms. The fourth-order valence-corrected chi connectivity index (χ4v) is 1.14. The monoisotopic (exact) mass is 242 g/mol. The molecule has 0 fully saturated rings. The van der Waals surface area contributed by atoms with E-state index in [1.807, 2.05) is 0 Å². The van der Waals surface area contributed by atoms with Crippen LogP contribution >= 0.6 is 0 Å². The van der Waals surface area contributed by atoms with E-state index in [0.717, 1.165) is 13.0 Å². The van der Waals surface area contributed by atoms with E-state index < -0.39 is 0 Å². The predicted octanol–water partition coefficient (Wildman–Crippen LogP) is 1.56. The van der Waals surface area contributed by atoms with Crippen molar-refractivity contribution in [3.63, 3.8) is 0 Å². The number of nitrogens with two attached hydrogens (primary N) is 1. The van der Waals surface area contributed by atoms with Gasteiger partial charge < -0.3 is 20.2 Å². The second-order valence-corrected chi connectivity index (χ2v) is 4.46. The molecule has 0 aromatic carbocycles. The van der Waals surface area contributed by atoms with Crippen molar-refractivity contribution in [3.8, 4) is 0 Å².